The number of nitrogens with two attached hydrogens (primary N) is 1. The Morgan fingerprint density at radius 2 is 2.38 bits per heavy atom. The van der Waals surface area contributed by atoms with Gasteiger partial charge in [0.2, 0.25) is 0 Å². The van der Waals surface area contributed by atoms with Crippen LogP contribution < -0.4 is 11.1 Å². The highest BCUT2D eigenvalue weighted by Crippen LogP contribution is 2.24. The van der Waals surface area contributed by atoms with Crippen molar-refractivity contribution >= 4 is 11.7 Å². The molecule has 16 heavy (non-hydrogen) atoms. The quantitative estimate of drug-likeness (QED) is 0.710. The summed E-state index contributed by atoms with van der Waals surface area (Å²) in [4.78, 5) is 10.9. The molecule has 1 heterocycles. The highest BCUT2D eigenvalue weighted by Gasteiger charge is 2.28. The second-order valence-corrected chi connectivity index (χ2v) is 4.57. The highest BCUT2D eigenvalue weighted by atomic mass is 16.4. The van der Waals surface area contributed by atoms with Crippen LogP contribution >= 0.6 is 0 Å². The molecular formula is C12H16N2O2. The topological polar surface area (TPSA) is 75.3 Å². The maximum Gasteiger partial charge on any atom is 0.323 e. The molecule has 4 heteroatoms. The molecule has 1 aromatic rings. The van der Waals surface area contributed by atoms with Gasteiger partial charge < -0.3 is 16.2 Å². The number of nitrogens with one attached hydrogen (secondary N) is 1. The molecule has 4 N–H and O–H groups in total. The van der Waals surface area contributed by atoms with Crippen molar-refractivity contribution in [2.75, 3.05) is 11.9 Å². The summed E-state index contributed by atoms with van der Waals surface area (Å²) in [6.07, 6.45) is 1.35. The molecule has 1 atom stereocenters. The number of carbonyl (C=O) groups is 1. The molecule has 0 radical (unpaired) electrons. The maximum absolute atomic E-state index is 10.9. The largest absolute Gasteiger partial charge is 0.480 e. The minimum Gasteiger partial charge on any atom is -0.480 e. The van der Waals surface area contributed by atoms with Crippen molar-refractivity contribution in [3.05, 3.63) is 29.3 Å². The lowest BCUT2D eigenvalue weighted by Crippen LogP contribution is -2.46. The van der Waals surface area contributed by atoms with Gasteiger partial charge in [-0.25, -0.2) is 0 Å². The molecule has 0 aromatic heterocycles. The molecule has 0 aliphatic carbocycles. The van der Waals surface area contributed by atoms with Crippen LogP contribution in [-0.2, 0) is 17.6 Å². The Hall–Kier alpha value is -1.55. The van der Waals surface area contributed by atoms with E-state index in [0.717, 1.165) is 24.2 Å². The van der Waals surface area contributed by atoms with Gasteiger partial charge in [-0.2, -0.15) is 0 Å². The van der Waals surface area contributed by atoms with Crippen LogP contribution in [0.2, 0.25) is 0 Å². The molecule has 0 amide bonds. The van der Waals surface area contributed by atoms with E-state index in [-0.39, 0.29) is 0 Å². The van der Waals surface area contributed by atoms with Crippen LogP contribution in [0, 0.1) is 0 Å². The third-order valence-electron chi connectivity index (χ3n) is 2.94. The van der Waals surface area contributed by atoms with E-state index in [0.29, 0.717) is 6.42 Å². The van der Waals surface area contributed by atoms with E-state index < -0.39 is 11.5 Å². The van der Waals surface area contributed by atoms with E-state index in [9.17, 15) is 4.79 Å². The van der Waals surface area contributed by atoms with Crippen molar-refractivity contribution in [1.82, 2.24) is 0 Å². The van der Waals surface area contributed by atoms with Crippen molar-refractivity contribution in [3.8, 4) is 0 Å². The zero-order valence-corrected chi connectivity index (χ0v) is 9.29. The van der Waals surface area contributed by atoms with Crippen molar-refractivity contribution in [1.29, 1.82) is 0 Å². The Balaban J connectivity index is 2.20. The number of hydrogen-bond acceptors (Lipinski definition) is 3. The minimum atomic E-state index is -1.19. The minimum absolute atomic E-state index is 0.357. The molecule has 1 aliphatic rings. The zero-order valence-electron chi connectivity index (χ0n) is 9.29. The Morgan fingerprint density at radius 1 is 1.62 bits per heavy atom. The predicted octanol–water partition coefficient (Wildman–Crippen LogP) is 0.999. The van der Waals surface area contributed by atoms with Gasteiger partial charge in [0.05, 0.1) is 0 Å². The highest BCUT2D eigenvalue weighted by molar-refractivity contribution is 5.78. The molecule has 1 aliphatic heterocycles. The summed E-state index contributed by atoms with van der Waals surface area (Å²) < 4.78 is 0. The molecule has 4 nitrogen and oxygen atoms in total. The first-order valence-electron chi connectivity index (χ1n) is 5.37. The number of carboxylic acids is 1. The van der Waals surface area contributed by atoms with Gasteiger partial charge in [0, 0.05) is 18.7 Å². The summed E-state index contributed by atoms with van der Waals surface area (Å²) in [6, 6.07) is 5.98. The molecule has 0 fully saturated rings. The summed E-state index contributed by atoms with van der Waals surface area (Å²) in [5, 5.41) is 12.2. The van der Waals surface area contributed by atoms with E-state index in [4.69, 9.17) is 10.8 Å². The van der Waals surface area contributed by atoms with E-state index in [2.05, 4.69) is 5.32 Å². The fourth-order valence-electron chi connectivity index (χ4n) is 1.97. The number of fused-ring (bicyclic) bond motifs is 1. The number of rotatable bonds is 3. The first kappa shape index (κ1) is 11.0. The average molecular weight is 220 g/mol. The average Bonchev–Trinajstić information content (AvgIpc) is 2.63. The lowest BCUT2D eigenvalue weighted by atomic mass is 9.93. The molecule has 1 aromatic carbocycles. The second kappa shape index (κ2) is 3.79. The second-order valence-electron chi connectivity index (χ2n) is 4.57. The van der Waals surface area contributed by atoms with Crippen molar-refractivity contribution in [2.24, 2.45) is 5.73 Å². The molecule has 0 bridgehead atoms. The summed E-state index contributed by atoms with van der Waals surface area (Å²) in [5.41, 5.74) is 7.91. The Morgan fingerprint density at radius 3 is 3.06 bits per heavy atom. The monoisotopic (exact) mass is 220 g/mol. The van der Waals surface area contributed by atoms with Gasteiger partial charge >= 0.3 is 5.97 Å². The standard InChI is InChI=1S/C12H16N2O2/c1-12(13,11(15)16)7-8-2-3-10-9(6-8)4-5-14-10/h2-3,6,14H,4-5,7,13H2,1H3,(H,15,16)/t12-/m0/s1. The van der Waals surface area contributed by atoms with Crippen molar-refractivity contribution in [2.45, 2.75) is 25.3 Å². The Bertz CT molecular complexity index is 427. The number of aliphatic carboxylic acids is 1. The Kier molecular flexibility index (Phi) is 2.59. The number of benzene rings is 1. The van der Waals surface area contributed by atoms with E-state index >= 15 is 0 Å². The molecule has 0 unspecified atom stereocenters. The van der Waals surface area contributed by atoms with E-state index in [1.54, 1.807) is 6.92 Å². The lowest BCUT2D eigenvalue weighted by Gasteiger charge is -2.19. The van der Waals surface area contributed by atoms with Gasteiger partial charge in [0.1, 0.15) is 5.54 Å². The first-order chi connectivity index (χ1) is 7.49. The van der Waals surface area contributed by atoms with E-state index in [1.807, 2.05) is 18.2 Å². The fraction of sp³-hybridized carbons (Fsp3) is 0.417. The van der Waals surface area contributed by atoms with Crippen LogP contribution in [0.4, 0.5) is 5.69 Å². The third kappa shape index (κ3) is 2.02. The van der Waals surface area contributed by atoms with Gasteiger partial charge in [-0.05, 0) is 30.5 Å². The fourth-order valence-corrected chi connectivity index (χ4v) is 1.97. The smallest absolute Gasteiger partial charge is 0.323 e. The molecule has 0 saturated carbocycles. The van der Waals surface area contributed by atoms with E-state index in [1.165, 1.54) is 5.56 Å². The van der Waals surface area contributed by atoms with Crippen molar-refractivity contribution < 1.29 is 9.90 Å². The third-order valence-corrected chi connectivity index (χ3v) is 2.94. The maximum atomic E-state index is 10.9. The molecule has 86 valence electrons. The SMILES string of the molecule is C[C@](N)(Cc1ccc2c(c1)CCN2)C(=O)O. The van der Waals surface area contributed by atoms with Crippen LogP contribution in [0.15, 0.2) is 18.2 Å². The van der Waals surface area contributed by atoms with Crippen LogP contribution in [-0.4, -0.2) is 23.2 Å². The molecular weight excluding hydrogens is 204 g/mol. The van der Waals surface area contributed by atoms with Gasteiger partial charge in [-0.1, -0.05) is 12.1 Å². The molecule has 0 spiro atoms. The lowest BCUT2D eigenvalue weighted by molar-refractivity contribution is -0.142. The molecule has 0 saturated heterocycles. The number of anilines is 1. The van der Waals surface area contributed by atoms with Crippen molar-refractivity contribution in [3.63, 3.8) is 0 Å². The van der Waals surface area contributed by atoms with Crippen LogP contribution in [0.25, 0.3) is 0 Å². The number of hydrogen-bond donors (Lipinski definition) is 3. The first-order valence-corrected chi connectivity index (χ1v) is 5.37. The van der Waals surface area contributed by atoms with Crippen LogP contribution in [0.3, 0.4) is 0 Å². The van der Waals surface area contributed by atoms with Gasteiger partial charge in [0.15, 0.2) is 0 Å². The summed E-state index contributed by atoms with van der Waals surface area (Å²) >= 11 is 0. The molecule has 2 rings (SSSR count). The summed E-state index contributed by atoms with van der Waals surface area (Å²) in [6.45, 7) is 2.50. The van der Waals surface area contributed by atoms with Gasteiger partial charge in [-0.15, -0.1) is 0 Å². The zero-order chi connectivity index (χ0) is 11.8. The summed E-state index contributed by atoms with van der Waals surface area (Å²) in [7, 11) is 0. The summed E-state index contributed by atoms with van der Waals surface area (Å²) in [5.74, 6) is -0.967. The van der Waals surface area contributed by atoms with Gasteiger partial charge in [-0.3, -0.25) is 4.79 Å². The number of carboxylic acid groups (broad SMARTS) is 1. The van der Waals surface area contributed by atoms with Crippen LogP contribution in [0.1, 0.15) is 18.1 Å². The Labute approximate surface area is 94.5 Å². The van der Waals surface area contributed by atoms with Gasteiger partial charge in [0.25, 0.3) is 0 Å². The van der Waals surface area contributed by atoms with Crippen LogP contribution in [0.5, 0.6) is 0 Å². The normalized spacial score (nSPS) is 17.4. The predicted molar refractivity (Wildman–Crippen MR) is 62.6 cm³/mol.